The molecule has 0 unspecified atom stereocenters. The fourth-order valence-corrected chi connectivity index (χ4v) is 3.58. The van der Waals surface area contributed by atoms with Gasteiger partial charge in [0.15, 0.2) is 0 Å². The molecule has 0 aliphatic heterocycles. The molecule has 4 heteroatoms. The van der Waals surface area contributed by atoms with Gasteiger partial charge >= 0.3 is 11.9 Å². The minimum atomic E-state index is -0.960. The van der Waals surface area contributed by atoms with E-state index in [-0.39, 0.29) is 11.8 Å². The van der Waals surface area contributed by atoms with Gasteiger partial charge in [0, 0.05) is 0 Å². The minimum Gasteiger partial charge on any atom is -0.481 e. The van der Waals surface area contributed by atoms with E-state index >= 15 is 0 Å². The maximum atomic E-state index is 11.2. The summed E-state index contributed by atoms with van der Waals surface area (Å²) >= 11 is 0. The molecule has 0 aromatic rings. The lowest BCUT2D eigenvalue weighted by atomic mass is 9.79. The molecule has 0 saturated heterocycles. The third-order valence-electron chi connectivity index (χ3n) is 3.99. The molecule has 2 aliphatic rings. The summed E-state index contributed by atoms with van der Waals surface area (Å²) in [5, 5.41) is 18.3. The molecule has 0 aromatic carbocycles. The van der Waals surface area contributed by atoms with Crippen molar-refractivity contribution in [1.82, 2.24) is 0 Å². The second-order valence-electron chi connectivity index (χ2n) is 4.97. The molecule has 0 radical (unpaired) electrons. The molecule has 0 amide bonds. The van der Waals surface area contributed by atoms with Gasteiger partial charge in [0.2, 0.25) is 0 Å². The van der Waals surface area contributed by atoms with E-state index in [1.165, 1.54) is 0 Å². The van der Waals surface area contributed by atoms with Crippen molar-refractivity contribution in [2.45, 2.75) is 26.7 Å². The number of hydrogen-bond donors (Lipinski definition) is 2. The normalized spacial score (nSPS) is 36.5. The van der Waals surface area contributed by atoms with Crippen LogP contribution in [-0.2, 0) is 9.59 Å². The molecule has 4 nitrogen and oxygen atoms in total. The van der Waals surface area contributed by atoms with Crippen LogP contribution in [0.15, 0.2) is 11.1 Å². The lowest BCUT2D eigenvalue weighted by Gasteiger charge is -2.23. The third kappa shape index (κ3) is 1.36. The molecule has 2 bridgehead atoms. The third-order valence-corrected chi connectivity index (χ3v) is 3.99. The van der Waals surface area contributed by atoms with Crippen molar-refractivity contribution in [1.29, 1.82) is 0 Å². The first-order valence-electron chi connectivity index (χ1n) is 5.58. The average molecular weight is 224 g/mol. The standard InChI is InChI=1S/C12H16O4/c1-5(2)8-6-3-4-7(8)10(12(15)16)9(6)11(13)14/h6-7,9-10H,3-4H2,1-2H3,(H,13,14)(H,15,16)/t6-,7+,9-,10-/m1/s1. The van der Waals surface area contributed by atoms with E-state index in [1.807, 2.05) is 13.8 Å². The smallest absolute Gasteiger partial charge is 0.308 e. The Balaban J connectivity index is 2.46. The fraction of sp³-hybridized carbons (Fsp3) is 0.667. The van der Waals surface area contributed by atoms with Gasteiger partial charge in [-0.2, -0.15) is 0 Å². The van der Waals surface area contributed by atoms with Crippen molar-refractivity contribution in [3.05, 3.63) is 11.1 Å². The molecule has 2 rings (SSSR count). The summed E-state index contributed by atoms with van der Waals surface area (Å²) in [6.07, 6.45) is 1.65. The number of carboxylic acid groups (broad SMARTS) is 2. The largest absolute Gasteiger partial charge is 0.481 e. The Bertz CT molecular complexity index is 348. The lowest BCUT2D eigenvalue weighted by Crippen LogP contribution is -2.34. The van der Waals surface area contributed by atoms with E-state index in [2.05, 4.69) is 0 Å². The van der Waals surface area contributed by atoms with Crippen LogP contribution in [0.25, 0.3) is 0 Å². The van der Waals surface area contributed by atoms with Crippen LogP contribution >= 0.6 is 0 Å². The van der Waals surface area contributed by atoms with Crippen LogP contribution in [0, 0.1) is 23.7 Å². The number of carbonyl (C=O) groups is 2. The van der Waals surface area contributed by atoms with E-state index in [4.69, 9.17) is 10.2 Å². The van der Waals surface area contributed by atoms with Gasteiger partial charge in [-0.25, -0.2) is 0 Å². The molecular weight excluding hydrogens is 208 g/mol. The van der Waals surface area contributed by atoms with Crippen molar-refractivity contribution in [3.8, 4) is 0 Å². The monoisotopic (exact) mass is 224 g/mol. The van der Waals surface area contributed by atoms with Crippen LogP contribution < -0.4 is 0 Å². The van der Waals surface area contributed by atoms with Gasteiger partial charge in [0.05, 0.1) is 11.8 Å². The van der Waals surface area contributed by atoms with Crippen LogP contribution in [0.5, 0.6) is 0 Å². The van der Waals surface area contributed by atoms with E-state index in [1.54, 1.807) is 0 Å². The number of carboxylic acids is 2. The van der Waals surface area contributed by atoms with Crippen molar-refractivity contribution in [2.75, 3.05) is 0 Å². The number of allylic oxidation sites excluding steroid dienone is 2. The molecule has 2 saturated carbocycles. The Hall–Kier alpha value is -1.32. The molecule has 2 aliphatic carbocycles. The predicted molar refractivity (Wildman–Crippen MR) is 56.8 cm³/mol. The van der Waals surface area contributed by atoms with Crippen LogP contribution in [-0.4, -0.2) is 22.2 Å². The average Bonchev–Trinajstić information content (AvgIpc) is 2.70. The summed E-state index contributed by atoms with van der Waals surface area (Å²) in [4.78, 5) is 22.4. The van der Waals surface area contributed by atoms with Gasteiger partial charge in [-0.3, -0.25) is 9.59 Å². The van der Waals surface area contributed by atoms with Gasteiger partial charge in [0.25, 0.3) is 0 Å². The predicted octanol–water partition coefficient (Wildman–Crippen LogP) is 1.76. The maximum absolute atomic E-state index is 11.2. The summed E-state index contributed by atoms with van der Waals surface area (Å²) in [6, 6.07) is 0. The number of hydrogen-bond acceptors (Lipinski definition) is 2. The first-order chi connectivity index (χ1) is 7.45. The summed E-state index contributed by atoms with van der Waals surface area (Å²) in [7, 11) is 0. The van der Waals surface area contributed by atoms with Crippen LogP contribution in [0.1, 0.15) is 26.7 Å². The van der Waals surface area contributed by atoms with Crippen molar-refractivity contribution in [3.63, 3.8) is 0 Å². The second kappa shape index (κ2) is 3.61. The molecular formula is C12H16O4. The maximum Gasteiger partial charge on any atom is 0.308 e. The van der Waals surface area contributed by atoms with Gasteiger partial charge in [-0.05, 0) is 38.5 Å². The summed E-state index contributed by atoms with van der Waals surface area (Å²) in [6.45, 7) is 3.90. The highest BCUT2D eigenvalue weighted by Crippen LogP contribution is 2.56. The molecule has 0 aromatic heterocycles. The van der Waals surface area contributed by atoms with E-state index in [0.717, 1.165) is 24.0 Å². The molecule has 2 N–H and O–H groups in total. The van der Waals surface area contributed by atoms with Crippen molar-refractivity contribution >= 4 is 11.9 Å². The Morgan fingerprint density at radius 1 is 1.00 bits per heavy atom. The Morgan fingerprint density at radius 3 is 1.62 bits per heavy atom. The fourth-order valence-electron chi connectivity index (χ4n) is 3.58. The Labute approximate surface area is 94.0 Å². The zero-order valence-electron chi connectivity index (χ0n) is 9.43. The van der Waals surface area contributed by atoms with Crippen molar-refractivity contribution in [2.24, 2.45) is 23.7 Å². The zero-order valence-corrected chi connectivity index (χ0v) is 9.43. The Kier molecular flexibility index (Phi) is 2.52. The van der Waals surface area contributed by atoms with E-state index in [9.17, 15) is 9.59 Å². The Morgan fingerprint density at radius 2 is 1.38 bits per heavy atom. The zero-order chi connectivity index (χ0) is 12.0. The van der Waals surface area contributed by atoms with Gasteiger partial charge < -0.3 is 10.2 Å². The summed E-state index contributed by atoms with van der Waals surface area (Å²) in [5.74, 6) is -3.46. The summed E-state index contributed by atoms with van der Waals surface area (Å²) in [5.41, 5.74) is 2.20. The molecule has 2 fully saturated rings. The highest BCUT2D eigenvalue weighted by molar-refractivity contribution is 5.83. The van der Waals surface area contributed by atoms with Crippen LogP contribution in [0.2, 0.25) is 0 Å². The summed E-state index contributed by atoms with van der Waals surface area (Å²) < 4.78 is 0. The highest BCUT2D eigenvalue weighted by atomic mass is 16.4. The lowest BCUT2D eigenvalue weighted by molar-refractivity contribution is -0.156. The quantitative estimate of drug-likeness (QED) is 0.701. The molecule has 4 atom stereocenters. The van der Waals surface area contributed by atoms with Crippen molar-refractivity contribution < 1.29 is 19.8 Å². The van der Waals surface area contributed by atoms with Crippen LogP contribution in [0.3, 0.4) is 0 Å². The molecule has 88 valence electrons. The first kappa shape index (κ1) is 11.2. The minimum absolute atomic E-state index is 0.0476. The second-order valence-corrected chi connectivity index (χ2v) is 4.97. The SMILES string of the molecule is CC(C)=C1[C@H]2CC[C@@H]1[C@@H](C(=O)O)[C@@H]2C(=O)O. The van der Waals surface area contributed by atoms with Gasteiger partial charge in [0.1, 0.15) is 0 Å². The van der Waals surface area contributed by atoms with Gasteiger partial charge in [-0.15, -0.1) is 0 Å². The number of aliphatic carboxylic acids is 2. The molecule has 0 spiro atoms. The number of rotatable bonds is 2. The van der Waals surface area contributed by atoms with E-state index < -0.39 is 23.8 Å². The molecule has 16 heavy (non-hydrogen) atoms. The number of fused-ring (bicyclic) bond motifs is 2. The van der Waals surface area contributed by atoms with Gasteiger partial charge in [-0.1, -0.05) is 11.1 Å². The topological polar surface area (TPSA) is 74.6 Å². The first-order valence-corrected chi connectivity index (χ1v) is 5.58. The molecule has 0 heterocycles. The van der Waals surface area contributed by atoms with E-state index in [0.29, 0.717) is 0 Å². The highest BCUT2D eigenvalue weighted by Gasteiger charge is 2.57. The van der Waals surface area contributed by atoms with Crippen LogP contribution in [0.4, 0.5) is 0 Å².